The smallest absolute Gasteiger partial charge is 0.370 e. The van der Waals surface area contributed by atoms with Crippen LogP contribution in [-0.4, -0.2) is 41.5 Å². The lowest BCUT2D eigenvalue weighted by Gasteiger charge is -2.29. The van der Waals surface area contributed by atoms with Crippen molar-refractivity contribution in [1.82, 2.24) is 14.9 Å². The number of nitrogens with two attached hydrogens (primary N) is 1. The molecule has 1 fully saturated rings. The molecule has 4 N–H and O–H groups in total. The Kier molecular flexibility index (Phi) is 4.84. The van der Waals surface area contributed by atoms with Gasteiger partial charge in [-0.25, -0.2) is 10.8 Å². The normalized spacial score (nSPS) is 17.8. The van der Waals surface area contributed by atoms with Gasteiger partial charge in [-0.15, -0.1) is 0 Å². The number of likely N-dealkylation sites (tertiary alicyclic amines) is 1. The van der Waals surface area contributed by atoms with Crippen LogP contribution in [0.1, 0.15) is 18.5 Å². The number of nitrogens with one attached hydrogen (secondary N) is 2. The molecule has 1 aliphatic rings. The number of hydrogen-bond acceptors (Lipinski definition) is 6. The molecule has 2 rings (SSSR count). The highest BCUT2D eigenvalue weighted by Crippen LogP contribution is 2.29. The van der Waals surface area contributed by atoms with Gasteiger partial charge < -0.3 is 10.2 Å². The number of rotatable bonds is 4. The fourth-order valence-corrected chi connectivity index (χ4v) is 2.26. The van der Waals surface area contributed by atoms with Crippen LogP contribution in [0.25, 0.3) is 0 Å². The van der Waals surface area contributed by atoms with Crippen LogP contribution in [0.2, 0.25) is 0 Å². The van der Waals surface area contributed by atoms with Gasteiger partial charge in [0.15, 0.2) is 5.69 Å². The van der Waals surface area contributed by atoms with Gasteiger partial charge in [-0.1, -0.05) is 0 Å². The molecule has 1 aromatic heterocycles. The van der Waals surface area contributed by atoms with E-state index in [1.165, 1.54) is 0 Å². The molecular weight excluding hydrogens is 285 g/mol. The Hall–Kier alpha value is -1.61. The lowest BCUT2D eigenvalue weighted by Crippen LogP contribution is -2.33. The number of hydrazine groups is 1. The van der Waals surface area contributed by atoms with E-state index in [-0.39, 0.29) is 11.8 Å². The zero-order valence-electron chi connectivity index (χ0n) is 11.7. The van der Waals surface area contributed by atoms with E-state index in [9.17, 15) is 13.2 Å². The number of nitrogens with zero attached hydrogens (tertiary/aromatic N) is 3. The van der Waals surface area contributed by atoms with E-state index in [0.717, 1.165) is 32.0 Å². The number of alkyl halides is 3. The van der Waals surface area contributed by atoms with E-state index in [1.807, 2.05) is 0 Å². The molecule has 0 amide bonds. The zero-order chi connectivity index (χ0) is 15.5. The third-order valence-electron chi connectivity index (χ3n) is 3.56. The van der Waals surface area contributed by atoms with Gasteiger partial charge in [0.1, 0.15) is 5.82 Å². The van der Waals surface area contributed by atoms with Gasteiger partial charge in [0.2, 0.25) is 5.95 Å². The van der Waals surface area contributed by atoms with Crippen LogP contribution in [0, 0.1) is 5.92 Å². The predicted molar refractivity (Wildman–Crippen MR) is 73.6 cm³/mol. The van der Waals surface area contributed by atoms with Crippen molar-refractivity contribution in [3.05, 3.63) is 11.8 Å². The maximum atomic E-state index is 12.7. The molecule has 0 saturated carbocycles. The van der Waals surface area contributed by atoms with Gasteiger partial charge in [0.25, 0.3) is 0 Å². The Morgan fingerprint density at radius 3 is 2.57 bits per heavy atom. The number of hydrogen-bond donors (Lipinski definition) is 3. The molecule has 0 aromatic carbocycles. The number of halogens is 3. The van der Waals surface area contributed by atoms with Crippen LogP contribution in [0.4, 0.5) is 24.9 Å². The first-order valence-corrected chi connectivity index (χ1v) is 6.74. The summed E-state index contributed by atoms with van der Waals surface area (Å²) in [5.41, 5.74) is 1.04. The Labute approximate surface area is 120 Å². The number of nitrogen functional groups attached to an aromatic ring is 1. The van der Waals surface area contributed by atoms with Crippen LogP contribution in [0.3, 0.4) is 0 Å². The van der Waals surface area contributed by atoms with Crippen LogP contribution in [-0.2, 0) is 6.18 Å². The van der Waals surface area contributed by atoms with E-state index < -0.39 is 11.9 Å². The number of aromatic nitrogens is 2. The monoisotopic (exact) mass is 304 g/mol. The SMILES string of the molecule is CN1CCC(CNc2cc(C(F)(F)F)nc(NN)n2)CC1. The largest absolute Gasteiger partial charge is 0.433 e. The summed E-state index contributed by atoms with van der Waals surface area (Å²) in [6.45, 7) is 2.59. The van der Waals surface area contributed by atoms with Crippen molar-refractivity contribution in [3.63, 3.8) is 0 Å². The first-order valence-electron chi connectivity index (χ1n) is 6.74. The average Bonchev–Trinajstić information content (AvgIpc) is 2.45. The molecule has 0 aliphatic carbocycles. The topological polar surface area (TPSA) is 79.1 Å². The van der Waals surface area contributed by atoms with Gasteiger partial charge in [-0.2, -0.15) is 18.2 Å². The molecule has 21 heavy (non-hydrogen) atoms. The minimum Gasteiger partial charge on any atom is -0.370 e. The molecule has 0 atom stereocenters. The molecule has 1 aliphatic heterocycles. The van der Waals surface area contributed by atoms with E-state index in [2.05, 4.69) is 32.7 Å². The summed E-state index contributed by atoms with van der Waals surface area (Å²) >= 11 is 0. The molecule has 0 bridgehead atoms. The fraction of sp³-hybridized carbons (Fsp3) is 0.667. The third-order valence-corrected chi connectivity index (χ3v) is 3.56. The standard InChI is InChI=1S/C12H19F3N6/c1-21-4-2-8(3-5-21)7-17-10-6-9(12(13,14)15)18-11(19-10)20-16/h6,8H,2-5,7,16H2,1H3,(H2,17,18,19,20). The van der Waals surface area contributed by atoms with Crippen LogP contribution in [0.5, 0.6) is 0 Å². The second-order valence-corrected chi connectivity index (χ2v) is 5.23. The van der Waals surface area contributed by atoms with Crippen LogP contribution < -0.4 is 16.6 Å². The molecule has 118 valence electrons. The zero-order valence-corrected chi connectivity index (χ0v) is 11.7. The molecule has 9 heteroatoms. The second kappa shape index (κ2) is 6.44. The maximum Gasteiger partial charge on any atom is 0.433 e. The highest BCUT2D eigenvalue weighted by molar-refractivity contribution is 5.42. The van der Waals surface area contributed by atoms with Crippen molar-refractivity contribution in [2.45, 2.75) is 19.0 Å². The van der Waals surface area contributed by atoms with Gasteiger partial charge in [0.05, 0.1) is 0 Å². The van der Waals surface area contributed by atoms with Crippen molar-refractivity contribution in [2.24, 2.45) is 11.8 Å². The first-order chi connectivity index (χ1) is 9.88. The third kappa shape index (κ3) is 4.43. The van der Waals surface area contributed by atoms with E-state index >= 15 is 0 Å². The van der Waals surface area contributed by atoms with Crippen molar-refractivity contribution >= 4 is 11.8 Å². The first kappa shape index (κ1) is 15.8. The number of anilines is 2. The molecule has 0 unspecified atom stereocenters. The molecule has 1 aromatic rings. The average molecular weight is 304 g/mol. The Morgan fingerprint density at radius 1 is 1.33 bits per heavy atom. The summed E-state index contributed by atoms with van der Waals surface area (Å²) < 4.78 is 38.2. The fourth-order valence-electron chi connectivity index (χ4n) is 2.26. The highest BCUT2D eigenvalue weighted by atomic mass is 19.4. The van der Waals surface area contributed by atoms with Gasteiger partial charge in [0, 0.05) is 12.6 Å². The van der Waals surface area contributed by atoms with Gasteiger partial charge in [-0.3, -0.25) is 5.43 Å². The minimum atomic E-state index is -4.53. The quantitative estimate of drug-likeness (QED) is 0.578. The predicted octanol–water partition coefficient (Wildman–Crippen LogP) is 1.53. The Bertz CT molecular complexity index is 471. The van der Waals surface area contributed by atoms with Crippen molar-refractivity contribution in [2.75, 3.05) is 37.4 Å². The van der Waals surface area contributed by atoms with Crippen molar-refractivity contribution in [3.8, 4) is 0 Å². The Balaban J connectivity index is 2.02. The molecule has 0 radical (unpaired) electrons. The molecular formula is C12H19F3N6. The summed E-state index contributed by atoms with van der Waals surface area (Å²) in [7, 11) is 2.06. The maximum absolute atomic E-state index is 12.7. The highest BCUT2D eigenvalue weighted by Gasteiger charge is 2.33. The summed E-state index contributed by atoms with van der Waals surface area (Å²) in [6.07, 6.45) is -2.50. The summed E-state index contributed by atoms with van der Waals surface area (Å²) in [6, 6.07) is 0.899. The van der Waals surface area contributed by atoms with Crippen LogP contribution >= 0.6 is 0 Å². The van der Waals surface area contributed by atoms with Crippen LogP contribution in [0.15, 0.2) is 6.07 Å². The van der Waals surface area contributed by atoms with Gasteiger partial charge in [-0.05, 0) is 38.9 Å². The van der Waals surface area contributed by atoms with Gasteiger partial charge >= 0.3 is 6.18 Å². The second-order valence-electron chi connectivity index (χ2n) is 5.23. The minimum absolute atomic E-state index is 0.129. The summed E-state index contributed by atoms with van der Waals surface area (Å²) in [4.78, 5) is 9.44. The Morgan fingerprint density at radius 2 is 2.00 bits per heavy atom. The molecule has 0 spiro atoms. The summed E-state index contributed by atoms with van der Waals surface area (Å²) in [5.74, 6) is 5.41. The van der Waals surface area contributed by atoms with E-state index in [1.54, 1.807) is 0 Å². The van der Waals surface area contributed by atoms with Crippen molar-refractivity contribution in [1.29, 1.82) is 0 Å². The molecule has 2 heterocycles. The van der Waals surface area contributed by atoms with E-state index in [4.69, 9.17) is 5.84 Å². The molecule has 6 nitrogen and oxygen atoms in total. The lowest BCUT2D eigenvalue weighted by atomic mass is 9.97. The lowest BCUT2D eigenvalue weighted by molar-refractivity contribution is -0.141. The molecule has 1 saturated heterocycles. The van der Waals surface area contributed by atoms with E-state index in [0.29, 0.717) is 12.5 Å². The van der Waals surface area contributed by atoms with Crippen molar-refractivity contribution < 1.29 is 13.2 Å². The summed E-state index contributed by atoms with van der Waals surface area (Å²) in [5, 5.41) is 2.95. The number of piperidine rings is 1.